The van der Waals surface area contributed by atoms with Crippen molar-refractivity contribution in [2.45, 2.75) is 13.8 Å². The molecule has 0 bridgehead atoms. The lowest BCUT2D eigenvalue weighted by molar-refractivity contribution is -0.118. The topological polar surface area (TPSA) is 95.9 Å². The van der Waals surface area contributed by atoms with E-state index in [-0.39, 0.29) is 23.0 Å². The predicted molar refractivity (Wildman–Crippen MR) is 101 cm³/mol. The number of fused-ring (bicyclic) bond motifs is 2. The second-order valence-corrected chi connectivity index (χ2v) is 6.87. The Bertz CT molecular complexity index is 1040. The lowest BCUT2D eigenvalue weighted by Crippen LogP contribution is -2.36. The van der Waals surface area contributed by atoms with Crippen molar-refractivity contribution in [3.63, 3.8) is 0 Å². The molecular formula is C21H17N3O4. The predicted octanol–water partition coefficient (Wildman–Crippen LogP) is 1.79. The third-order valence-electron chi connectivity index (χ3n) is 5.18. The molecule has 0 saturated heterocycles. The fraction of sp³-hybridized carbons (Fsp3) is 0.190. The molecule has 0 aromatic heterocycles. The maximum atomic E-state index is 12.4. The molecule has 1 unspecified atom stereocenters. The van der Waals surface area contributed by atoms with Crippen molar-refractivity contribution in [1.82, 2.24) is 10.2 Å². The highest BCUT2D eigenvalue weighted by Crippen LogP contribution is 2.30. The van der Waals surface area contributed by atoms with Crippen LogP contribution in [-0.2, 0) is 9.59 Å². The van der Waals surface area contributed by atoms with Gasteiger partial charge < -0.3 is 5.32 Å². The third-order valence-corrected chi connectivity index (χ3v) is 5.18. The molecule has 3 aliphatic rings. The minimum absolute atomic E-state index is 0.0528. The van der Waals surface area contributed by atoms with Crippen molar-refractivity contribution in [3.05, 3.63) is 70.5 Å². The van der Waals surface area contributed by atoms with Crippen LogP contribution in [0.3, 0.4) is 0 Å². The van der Waals surface area contributed by atoms with E-state index < -0.39 is 24.3 Å². The zero-order valence-corrected chi connectivity index (χ0v) is 15.4. The van der Waals surface area contributed by atoms with E-state index in [0.29, 0.717) is 17.0 Å². The summed E-state index contributed by atoms with van der Waals surface area (Å²) < 4.78 is 0. The first kappa shape index (κ1) is 17.8. The normalized spacial score (nSPS) is 22.3. The van der Waals surface area contributed by atoms with Crippen molar-refractivity contribution in [2.75, 3.05) is 6.54 Å². The van der Waals surface area contributed by atoms with E-state index in [0.717, 1.165) is 10.5 Å². The van der Waals surface area contributed by atoms with Gasteiger partial charge in [-0.3, -0.25) is 24.1 Å². The van der Waals surface area contributed by atoms with Gasteiger partial charge >= 0.3 is 0 Å². The zero-order valence-electron chi connectivity index (χ0n) is 15.4. The molecule has 0 fully saturated rings. The van der Waals surface area contributed by atoms with Crippen LogP contribution in [0.2, 0.25) is 0 Å². The highest BCUT2D eigenvalue weighted by atomic mass is 16.2. The third kappa shape index (κ3) is 2.81. The molecule has 2 heterocycles. The molecule has 1 aliphatic carbocycles. The van der Waals surface area contributed by atoms with Crippen LogP contribution in [0.1, 0.15) is 34.6 Å². The summed E-state index contributed by atoms with van der Waals surface area (Å²) in [5.74, 6) is -1.84. The number of nitrogens with one attached hydrogen (secondary N) is 1. The molecule has 2 aliphatic heterocycles. The smallest absolute Gasteiger partial charge is 0.266 e. The molecule has 1 N–H and O–H groups in total. The average molecular weight is 375 g/mol. The van der Waals surface area contributed by atoms with Crippen LogP contribution in [0, 0.1) is 5.92 Å². The molecule has 0 spiro atoms. The summed E-state index contributed by atoms with van der Waals surface area (Å²) in [6.07, 6.45) is 5.20. The van der Waals surface area contributed by atoms with Gasteiger partial charge in [-0.2, -0.15) is 0 Å². The summed E-state index contributed by atoms with van der Waals surface area (Å²) in [7, 11) is 0. The number of aliphatic imine (C=N–C) groups is 1. The van der Waals surface area contributed by atoms with Gasteiger partial charge in [0.25, 0.3) is 23.6 Å². The van der Waals surface area contributed by atoms with E-state index in [1.54, 1.807) is 43.3 Å². The molecular weight excluding hydrogens is 358 g/mol. The number of carbonyl (C=O) groups excluding carboxylic acids is 4. The molecule has 0 radical (unpaired) electrons. The van der Waals surface area contributed by atoms with Crippen LogP contribution in [0.5, 0.6) is 0 Å². The molecule has 7 nitrogen and oxygen atoms in total. The number of hydrogen-bond acceptors (Lipinski definition) is 4. The standard InChI is InChI=1S/C21H17N3O4/c1-11-12(2)19(26)23-17-9-13(7-8-14(11)17)22-18(25)10-24-20(27)15-5-3-4-6-16(15)21(24)28/h3-9,14H,10H2,1-2H3,(H,23,26). The highest BCUT2D eigenvalue weighted by Gasteiger charge is 2.36. The number of hydrogen-bond donors (Lipinski definition) is 1. The maximum Gasteiger partial charge on any atom is 0.266 e. The quantitative estimate of drug-likeness (QED) is 0.797. The van der Waals surface area contributed by atoms with Gasteiger partial charge in [-0.15, -0.1) is 0 Å². The van der Waals surface area contributed by atoms with E-state index in [9.17, 15) is 19.2 Å². The summed E-state index contributed by atoms with van der Waals surface area (Å²) >= 11 is 0. The molecule has 140 valence electrons. The molecule has 1 aromatic carbocycles. The largest absolute Gasteiger partial charge is 0.325 e. The van der Waals surface area contributed by atoms with Crippen molar-refractivity contribution >= 4 is 29.3 Å². The number of allylic oxidation sites excluding steroid dienone is 3. The summed E-state index contributed by atoms with van der Waals surface area (Å²) in [6, 6.07) is 6.46. The number of carbonyl (C=O) groups is 4. The van der Waals surface area contributed by atoms with Crippen LogP contribution in [-0.4, -0.2) is 40.8 Å². The van der Waals surface area contributed by atoms with Gasteiger partial charge in [-0.05, 0) is 38.1 Å². The SMILES string of the molecule is CC1=C(C)C2C=CC(=NC(=O)CN3C(=O)c4ccccc4C3=O)C=C2NC1=O. The molecule has 0 saturated carbocycles. The highest BCUT2D eigenvalue weighted by molar-refractivity contribution is 6.22. The first-order valence-electron chi connectivity index (χ1n) is 8.82. The van der Waals surface area contributed by atoms with Crippen LogP contribution in [0.25, 0.3) is 0 Å². The Morgan fingerprint density at radius 2 is 1.75 bits per heavy atom. The maximum absolute atomic E-state index is 12.4. The molecule has 28 heavy (non-hydrogen) atoms. The Morgan fingerprint density at radius 1 is 1.11 bits per heavy atom. The van der Waals surface area contributed by atoms with Gasteiger partial charge in [-0.25, -0.2) is 4.99 Å². The lowest BCUT2D eigenvalue weighted by Gasteiger charge is -2.28. The molecule has 1 aromatic rings. The Kier molecular flexibility index (Phi) is 4.15. The summed E-state index contributed by atoms with van der Waals surface area (Å²) in [5, 5.41) is 2.80. The number of rotatable bonds is 2. The molecule has 4 rings (SSSR count). The summed E-state index contributed by atoms with van der Waals surface area (Å²) in [5.41, 5.74) is 3.22. The fourth-order valence-corrected chi connectivity index (χ4v) is 3.49. The van der Waals surface area contributed by atoms with E-state index in [1.807, 2.05) is 13.0 Å². The Labute approximate surface area is 161 Å². The van der Waals surface area contributed by atoms with Crippen molar-refractivity contribution < 1.29 is 19.2 Å². The number of imide groups is 1. The minimum atomic E-state index is -0.616. The Balaban J connectivity index is 1.52. The van der Waals surface area contributed by atoms with Gasteiger partial charge in [-0.1, -0.05) is 23.8 Å². The van der Waals surface area contributed by atoms with E-state index in [1.165, 1.54) is 0 Å². The second kappa shape index (κ2) is 6.53. The Hall–Kier alpha value is -3.61. The molecule has 1 atom stereocenters. The van der Waals surface area contributed by atoms with Crippen molar-refractivity contribution in [1.29, 1.82) is 0 Å². The van der Waals surface area contributed by atoms with Gasteiger partial charge in [0.15, 0.2) is 0 Å². The van der Waals surface area contributed by atoms with Gasteiger partial charge in [0.2, 0.25) is 0 Å². The first-order valence-corrected chi connectivity index (χ1v) is 8.82. The van der Waals surface area contributed by atoms with Crippen molar-refractivity contribution in [2.24, 2.45) is 10.9 Å². The molecule has 4 amide bonds. The van der Waals surface area contributed by atoms with Gasteiger partial charge in [0.05, 0.1) is 16.8 Å². The van der Waals surface area contributed by atoms with Gasteiger partial charge in [0, 0.05) is 17.2 Å². The number of amides is 4. The van der Waals surface area contributed by atoms with Crippen LogP contribution >= 0.6 is 0 Å². The van der Waals surface area contributed by atoms with Crippen LogP contribution in [0.15, 0.2) is 64.3 Å². The van der Waals surface area contributed by atoms with E-state index in [4.69, 9.17) is 0 Å². The monoisotopic (exact) mass is 375 g/mol. The van der Waals surface area contributed by atoms with E-state index in [2.05, 4.69) is 10.3 Å². The first-order chi connectivity index (χ1) is 13.4. The van der Waals surface area contributed by atoms with Crippen LogP contribution < -0.4 is 5.32 Å². The average Bonchev–Trinajstić information content (AvgIpc) is 2.91. The van der Waals surface area contributed by atoms with Gasteiger partial charge in [0.1, 0.15) is 6.54 Å². The lowest BCUT2D eigenvalue weighted by atomic mass is 9.85. The zero-order chi connectivity index (χ0) is 20.0. The second-order valence-electron chi connectivity index (χ2n) is 6.87. The minimum Gasteiger partial charge on any atom is -0.325 e. The molecule has 7 heteroatoms. The van der Waals surface area contributed by atoms with Crippen LogP contribution in [0.4, 0.5) is 0 Å². The van der Waals surface area contributed by atoms with Crippen molar-refractivity contribution in [3.8, 4) is 0 Å². The fourth-order valence-electron chi connectivity index (χ4n) is 3.49. The van der Waals surface area contributed by atoms with E-state index >= 15 is 0 Å². The number of benzene rings is 1. The summed E-state index contributed by atoms with van der Waals surface area (Å²) in [6.45, 7) is 3.23. The number of nitrogens with zero attached hydrogens (tertiary/aromatic N) is 2. The Morgan fingerprint density at radius 3 is 2.39 bits per heavy atom. The summed E-state index contributed by atoms with van der Waals surface area (Å²) in [4.78, 5) is 53.9.